The Balaban J connectivity index is 1.47. The second kappa shape index (κ2) is 8.27. The maximum Gasteiger partial charge on any atom is 0.315 e. The Morgan fingerprint density at radius 3 is 2.75 bits per heavy atom. The van der Waals surface area contributed by atoms with Crippen LogP contribution in [-0.2, 0) is 0 Å². The van der Waals surface area contributed by atoms with E-state index in [1.807, 2.05) is 12.2 Å². The number of carbonyl (C=O) groups is 1. The van der Waals surface area contributed by atoms with Crippen LogP contribution < -0.4 is 10.6 Å². The van der Waals surface area contributed by atoms with Gasteiger partial charge in [0.1, 0.15) is 0 Å². The lowest BCUT2D eigenvalue weighted by atomic mass is 10.1. The van der Waals surface area contributed by atoms with Crippen molar-refractivity contribution in [1.29, 1.82) is 0 Å². The van der Waals surface area contributed by atoms with Crippen molar-refractivity contribution in [2.24, 2.45) is 5.92 Å². The minimum atomic E-state index is -0.0978. The Labute approximate surface area is 121 Å². The van der Waals surface area contributed by atoms with Gasteiger partial charge in [-0.2, -0.15) is 0 Å². The average molecular weight is 281 g/mol. The van der Waals surface area contributed by atoms with E-state index < -0.39 is 0 Å². The molecule has 0 saturated carbocycles. The second-order valence-corrected chi connectivity index (χ2v) is 5.83. The molecule has 2 rings (SSSR count). The quantitative estimate of drug-likeness (QED) is 0.483. The van der Waals surface area contributed by atoms with Gasteiger partial charge in [-0.05, 0) is 51.7 Å². The van der Waals surface area contributed by atoms with Gasteiger partial charge in [-0.25, -0.2) is 4.79 Å². The van der Waals surface area contributed by atoms with Gasteiger partial charge in [-0.1, -0.05) is 12.2 Å². The number of nitrogens with one attached hydrogen (secondary N) is 2. The van der Waals surface area contributed by atoms with E-state index in [0.29, 0.717) is 0 Å². The first-order valence-corrected chi connectivity index (χ1v) is 7.84. The molecule has 1 aliphatic heterocycles. The number of aliphatic hydroxyl groups is 1. The van der Waals surface area contributed by atoms with Crippen LogP contribution in [0, 0.1) is 5.92 Å². The molecule has 114 valence electrons. The van der Waals surface area contributed by atoms with Crippen LogP contribution in [0.1, 0.15) is 32.1 Å². The van der Waals surface area contributed by atoms with E-state index in [9.17, 15) is 4.79 Å². The summed E-state index contributed by atoms with van der Waals surface area (Å²) in [6.45, 7) is 4.54. The second-order valence-electron chi connectivity index (χ2n) is 5.83. The van der Waals surface area contributed by atoms with Gasteiger partial charge in [-0.3, -0.25) is 0 Å². The summed E-state index contributed by atoms with van der Waals surface area (Å²) < 4.78 is 0. The lowest BCUT2D eigenvalue weighted by Crippen LogP contribution is -2.41. The topological polar surface area (TPSA) is 64.6 Å². The van der Waals surface area contributed by atoms with Crippen LogP contribution >= 0.6 is 0 Å². The zero-order valence-electron chi connectivity index (χ0n) is 12.2. The number of carbonyl (C=O) groups excluding carboxylic acids is 1. The predicted octanol–water partition coefficient (Wildman–Crippen LogP) is 1.10. The molecule has 2 atom stereocenters. The Morgan fingerprint density at radius 1 is 1.25 bits per heavy atom. The first-order chi connectivity index (χ1) is 9.78. The summed E-state index contributed by atoms with van der Waals surface area (Å²) in [6, 6.07) is -0.0313. The molecule has 2 amide bonds. The fraction of sp³-hybridized carbons (Fsp3) is 0.800. The number of likely N-dealkylation sites (tertiary alicyclic amines) is 1. The van der Waals surface area contributed by atoms with Crippen molar-refractivity contribution in [3.05, 3.63) is 12.2 Å². The van der Waals surface area contributed by atoms with Crippen LogP contribution in [0.3, 0.4) is 0 Å². The zero-order chi connectivity index (χ0) is 14.2. The van der Waals surface area contributed by atoms with Crippen LogP contribution in [0.4, 0.5) is 4.79 Å². The van der Waals surface area contributed by atoms with Crippen LogP contribution in [0.5, 0.6) is 0 Å². The normalized spacial score (nSPS) is 26.1. The number of urea groups is 1. The molecule has 0 aromatic rings. The molecule has 20 heavy (non-hydrogen) atoms. The highest BCUT2D eigenvalue weighted by molar-refractivity contribution is 5.74. The third kappa shape index (κ3) is 5.13. The van der Waals surface area contributed by atoms with E-state index in [4.69, 9.17) is 5.11 Å². The number of unbranched alkanes of at least 4 members (excludes halogenated alkanes) is 1. The van der Waals surface area contributed by atoms with Gasteiger partial charge >= 0.3 is 6.03 Å². The summed E-state index contributed by atoms with van der Waals surface area (Å²) in [4.78, 5) is 14.2. The van der Waals surface area contributed by atoms with E-state index >= 15 is 0 Å². The smallest absolute Gasteiger partial charge is 0.315 e. The van der Waals surface area contributed by atoms with Gasteiger partial charge < -0.3 is 20.6 Å². The molecule has 3 N–H and O–H groups in total. The summed E-state index contributed by atoms with van der Waals surface area (Å²) >= 11 is 0. The SMILES string of the molecule is O=C(NCCCCN1CCCC1)N[C@@H]1C=C[C@H](CO)C1. The van der Waals surface area contributed by atoms with Crippen LogP contribution in [0.2, 0.25) is 0 Å². The molecule has 0 aromatic heterocycles. The van der Waals surface area contributed by atoms with Crippen molar-refractivity contribution in [3.63, 3.8) is 0 Å². The maximum absolute atomic E-state index is 11.7. The van der Waals surface area contributed by atoms with E-state index in [1.54, 1.807) is 0 Å². The summed E-state index contributed by atoms with van der Waals surface area (Å²) in [7, 11) is 0. The molecule has 1 aliphatic carbocycles. The Kier molecular flexibility index (Phi) is 6.33. The molecule has 0 spiro atoms. The van der Waals surface area contributed by atoms with Crippen molar-refractivity contribution in [3.8, 4) is 0 Å². The van der Waals surface area contributed by atoms with Crippen LogP contribution in [0.25, 0.3) is 0 Å². The summed E-state index contributed by atoms with van der Waals surface area (Å²) in [5.41, 5.74) is 0. The molecular weight excluding hydrogens is 254 g/mol. The number of hydrogen-bond donors (Lipinski definition) is 3. The molecule has 0 radical (unpaired) electrons. The molecule has 2 aliphatic rings. The van der Waals surface area contributed by atoms with Crippen molar-refractivity contribution < 1.29 is 9.90 Å². The Morgan fingerprint density at radius 2 is 2.05 bits per heavy atom. The fourth-order valence-electron chi connectivity index (χ4n) is 2.90. The number of nitrogens with zero attached hydrogens (tertiary/aromatic N) is 1. The summed E-state index contributed by atoms with van der Waals surface area (Å²) in [6.07, 6.45) is 9.60. The molecule has 0 aromatic carbocycles. The largest absolute Gasteiger partial charge is 0.396 e. The summed E-state index contributed by atoms with van der Waals surface area (Å²) in [5.74, 6) is 0.195. The third-order valence-corrected chi connectivity index (χ3v) is 4.11. The van der Waals surface area contributed by atoms with Crippen molar-refractivity contribution in [1.82, 2.24) is 15.5 Å². The first-order valence-electron chi connectivity index (χ1n) is 7.84. The minimum Gasteiger partial charge on any atom is -0.396 e. The van der Waals surface area contributed by atoms with Crippen LogP contribution in [0.15, 0.2) is 12.2 Å². The third-order valence-electron chi connectivity index (χ3n) is 4.11. The number of rotatable bonds is 7. The lowest BCUT2D eigenvalue weighted by Gasteiger charge is -2.15. The van der Waals surface area contributed by atoms with Gasteiger partial charge in [-0.15, -0.1) is 0 Å². The van der Waals surface area contributed by atoms with E-state index in [1.165, 1.54) is 25.9 Å². The highest BCUT2D eigenvalue weighted by Gasteiger charge is 2.19. The van der Waals surface area contributed by atoms with Gasteiger partial charge in [0.2, 0.25) is 0 Å². The molecule has 0 unspecified atom stereocenters. The molecular formula is C15H27N3O2. The average Bonchev–Trinajstić information content (AvgIpc) is 3.09. The standard InChI is InChI=1S/C15H27N3O2/c19-12-13-5-6-14(11-13)17-15(20)16-7-1-2-8-18-9-3-4-10-18/h5-6,13-14,19H,1-4,7-12H2,(H2,16,17,20)/t13-,14+/m0/s1. The van der Waals surface area contributed by atoms with E-state index in [0.717, 1.165) is 32.4 Å². The fourth-order valence-corrected chi connectivity index (χ4v) is 2.90. The van der Waals surface area contributed by atoms with Crippen LogP contribution in [-0.4, -0.2) is 54.9 Å². The van der Waals surface area contributed by atoms with Gasteiger partial charge in [0, 0.05) is 25.1 Å². The van der Waals surface area contributed by atoms with Gasteiger partial charge in [0.15, 0.2) is 0 Å². The van der Waals surface area contributed by atoms with E-state index in [-0.39, 0.29) is 24.6 Å². The molecule has 1 saturated heterocycles. The molecule has 1 fully saturated rings. The number of amides is 2. The molecule has 5 nitrogen and oxygen atoms in total. The maximum atomic E-state index is 11.7. The molecule has 0 bridgehead atoms. The molecule has 1 heterocycles. The Hall–Kier alpha value is -1.07. The van der Waals surface area contributed by atoms with E-state index in [2.05, 4.69) is 15.5 Å². The lowest BCUT2D eigenvalue weighted by molar-refractivity contribution is 0.231. The highest BCUT2D eigenvalue weighted by atomic mass is 16.3. The number of hydrogen-bond acceptors (Lipinski definition) is 3. The highest BCUT2D eigenvalue weighted by Crippen LogP contribution is 2.16. The monoisotopic (exact) mass is 281 g/mol. The van der Waals surface area contributed by atoms with Gasteiger partial charge in [0.05, 0.1) is 0 Å². The van der Waals surface area contributed by atoms with Crippen molar-refractivity contribution in [2.45, 2.75) is 38.1 Å². The first kappa shape index (κ1) is 15.3. The van der Waals surface area contributed by atoms with Gasteiger partial charge in [0.25, 0.3) is 0 Å². The summed E-state index contributed by atoms with van der Waals surface area (Å²) in [5, 5.41) is 14.8. The number of aliphatic hydroxyl groups excluding tert-OH is 1. The minimum absolute atomic E-state index is 0.0664. The zero-order valence-corrected chi connectivity index (χ0v) is 12.2. The predicted molar refractivity (Wildman–Crippen MR) is 79.6 cm³/mol. The van der Waals surface area contributed by atoms with Crippen molar-refractivity contribution >= 4 is 6.03 Å². The molecule has 5 heteroatoms. The van der Waals surface area contributed by atoms with Crippen molar-refractivity contribution in [2.75, 3.05) is 32.8 Å². The Bertz CT molecular complexity index is 327.